The Morgan fingerprint density at radius 2 is 2.05 bits per heavy atom. The van der Waals surface area contributed by atoms with Crippen molar-refractivity contribution in [1.29, 1.82) is 0 Å². The number of aliphatic carboxylic acids is 1. The molecule has 116 valence electrons. The number of carboxylic acid groups (broad SMARTS) is 1. The second-order valence-corrected chi connectivity index (χ2v) is 6.50. The lowest BCUT2D eigenvalue weighted by atomic mass is 9.93. The number of aliphatic hydroxyl groups is 1. The molecule has 1 heterocycles. The van der Waals surface area contributed by atoms with Crippen molar-refractivity contribution in [2.24, 2.45) is 11.8 Å². The Bertz CT molecular complexity index is 375. The molecule has 0 aromatic heterocycles. The van der Waals surface area contributed by atoms with Gasteiger partial charge in [0, 0.05) is 0 Å². The number of carboxylic acids is 1. The van der Waals surface area contributed by atoms with E-state index < -0.39 is 17.7 Å². The van der Waals surface area contributed by atoms with Crippen LogP contribution in [0.4, 0.5) is 0 Å². The Kier molecular flexibility index (Phi) is 5.78. The third kappa shape index (κ3) is 4.32. The number of hydrogen-bond acceptors (Lipinski definition) is 3. The average Bonchev–Trinajstić information content (AvgIpc) is 2.73. The molecule has 0 amide bonds. The fourth-order valence-corrected chi connectivity index (χ4v) is 2.77. The summed E-state index contributed by atoms with van der Waals surface area (Å²) in [6.07, 6.45) is 4.05. The average molecular weight is 284 g/mol. The molecule has 0 aliphatic carbocycles. The summed E-state index contributed by atoms with van der Waals surface area (Å²) < 4.78 is 5.99. The Morgan fingerprint density at radius 3 is 2.50 bits per heavy atom. The van der Waals surface area contributed by atoms with Crippen molar-refractivity contribution >= 4 is 5.97 Å². The summed E-state index contributed by atoms with van der Waals surface area (Å²) in [5.41, 5.74) is 0.677. The Hall–Kier alpha value is -0.870. The normalized spacial score (nSPS) is 31.9. The molecule has 0 aromatic carbocycles. The molecule has 0 aromatic rings. The van der Waals surface area contributed by atoms with E-state index >= 15 is 0 Å². The summed E-state index contributed by atoms with van der Waals surface area (Å²) in [6, 6.07) is 0. The lowest BCUT2D eigenvalue weighted by Gasteiger charge is -2.28. The molecule has 2 N–H and O–H groups in total. The van der Waals surface area contributed by atoms with Gasteiger partial charge >= 0.3 is 5.97 Å². The molecule has 0 saturated carbocycles. The molecular weight excluding hydrogens is 256 g/mol. The van der Waals surface area contributed by atoms with Gasteiger partial charge in [0.15, 0.2) is 0 Å². The highest BCUT2D eigenvalue weighted by molar-refractivity contribution is 5.69. The zero-order chi connectivity index (χ0) is 15.5. The molecule has 1 aliphatic rings. The van der Waals surface area contributed by atoms with E-state index in [2.05, 4.69) is 6.08 Å². The molecule has 1 fully saturated rings. The second-order valence-electron chi connectivity index (χ2n) is 6.50. The number of ether oxygens (including phenoxy) is 1. The first-order valence-corrected chi connectivity index (χ1v) is 7.42. The van der Waals surface area contributed by atoms with Crippen LogP contribution in [0.2, 0.25) is 0 Å². The van der Waals surface area contributed by atoms with Crippen molar-refractivity contribution < 1.29 is 19.7 Å². The smallest absolute Gasteiger partial charge is 0.306 e. The van der Waals surface area contributed by atoms with Crippen LogP contribution in [-0.2, 0) is 9.53 Å². The van der Waals surface area contributed by atoms with Gasteiger partial charge in [-0.05, 0) is 51.5 Å². The van der Waals surface area contributed by atoms with E-state index in [1.165, 1.54) is 0 Å². The van der Waals surface area contributed by atoms with E-state index in [4.69, 9.17) is 9.84 Å². The van der Waals surface area contributed by atoms with Crippen LogP contribution in [0.1, 0.15) is 53.9 Å². The molecule has 0 unspecified atom stereocenters. The van der Waals surface area contributed by atoms with Crippen molar-refractivity contribution in [3.05, 3.63) is 11.6 Å². The quantitative estimate of drug-likeness (QED) is 0.736. The van der Waals surface area contributed by atoms with Crippen LogP contribution in [0.25, 0.3) is 0 Å². The van der Waals surface area contributed by atoms with E-state index in [1.807, 2.05) is 20.8 Å². The second kappa shape index (κ2) is 6.72. The number of allylic oxidation sites excluding steroid dienone is 1. The third-order valence-electron chi connectivity index (χ3n) is 4.40. The summed E-state index contributed by atoms with van der Waals surface area (Å²) in [5, 5.41) is 18.7. The van der Waals surface area contributed by atoms with Gasteiger partial charge in [-0.1, -0.05) is 19.9 Å². The van der Waals surface area contributed by atoms with Gasteiger partial charge in [-0.2, -0.15) is 0 Å². The van der Waals surface area contributed by atoms with Crippen LogP contribution in [0.3, 0.4) is 0 Å². The van der Waals surface area contributed by atoms with Gasteiger partial charge < -0.3 is 14.9 Å². The number of aliphatic hydroxyl groups excluding tert-OH is 1. The first kappa shape index (κ1) is 17.2. The van der Waals surface area contributed by atoms with Gasteiger partial charge in [0.05, 0.1) is 23.7 Å². The number of carbonyl (C=O) groups is 1. The van der Waals surface area contributed by atoms with Gasteiger partial charge in [0.2, 0.25) is 0 Å². The molecule has 1 rings (SSSR count). The van der Waals surface area contributed by atoms with Gasteiger partial charge in [-0.15, -0.1) is 0 Å². The maximum atomic E-state index is 10.9. The van der Waals surface area contributed by atoms with Gasteiger partial charge in [-0.3, -0.25) is 4.79 Å². The molecule has 0 spiro atoms. The fraction of sp³-hybridized carbons (Fsp3) is 0.812. The lowest BCUT2D eigenvalue weighted by molar-refractivity contribution is -0.141. The molecule has 0 radical (unpaired) electrons. The van der Waals surface area contributed by atoms with E-state index in [-0.39, 0.29) is 17.9 Å². The summed E-state index contributed by atoms with van der Waals surface area (Å²) >= 11 is 0. The van der Waals surface area contributed by atoms with Gasteiger partial charge in [0.25, 0.3) is 0 Å². The Morgan fingerprint density at radius 1 is 1.45 bits per heavy atom. The zero-order valence-corrected chi connectivity index (χ0v) is 13.2. The maximum absolute atomic E-state index is 10.9. The molecule has 1 saturated heterocycles. The maximum Gasteiger partial charge on any atom is 0.306 e. The molecule has 4 nitrogen and oxygen atoms in total. The first-order valence-electron chi connectivity index (χ1n) is 7.42. The molecular formula is C16H28O4. The van der Waals surface area contributed by atoms with Gasteiger partial charge in [-0.25, -0.2) is 0 Å². The molecule has 20 heavy (non-hydrogen) atoms. The standard InChI is InChI=1S/C16H28O4/c1-10(9-12(3)15(18)19)8-11(2)14-6-7-16(5,20-14)13(4)17/h8,10,12-14,17H,6-7,9H2,1-5H3,(H,18,19)/b11-8+/t10-,12-,13-,14+,16+/m0/s1. The topological polar surface area (TPSA) is 66.8 Å². The SMILES string of the molecule is C/C(=C\[C@H](C)C[C@H](C)C(=O)O)[C@H]1CC[C@](C)([C@H](C)O)O1. The van der Waals surface area contributed by atoms with Crippen molar-refractivity contribution in [2.45, 2.75) is 71.7 Å². The predicted molar refractivity (Wildman–Crippen MR) is 78.5 cm³/mol. The largest absolute Gasteiger partial charge is 0.481 e. The Labute approximate surface area is 121 Å². The van der Waals surface area contributed by atoms with E-state index in [0.717, 1.165) is 18.4 Å². The highest BCUT2D eigenvalue weighted by Gasteiger charge is 2.40. The van der Waals surface area contributed by atoms with Crippen LogP contribution in [0, 0.1) is 11.8 Å². The summed E-state index contributed by atoms with van der Waals surface area (Å²) in [7, 11) is 0. The summed E-state index contributed by atoms with van der Waals surface area (Å²) in [4.78, 5) is 10.9. The van der Waals surface area contributed by atoms with Crippen LogP contribution >= 0.6 is 0 Å². The summed E-state index contributed by atoms with van der Waals surface area (Å²) in [5.74, 6) is -0.869. The van der Waals surface area contributed by atoms with Crippen molar-refractivity contribution in [1.82, 2.24) is 0 Å². The van der Waals surface area contributed by atoms with Crippen LogP contribution < -0.4 is 0 Å². The fourth-order valence-electron chi connectivity index (χ4n) is 2.77. The van der Waals surface area contributed by atoms with Crippen molar-refractivity contribution in [3.63, 3.8) is 0 Å². The van der Waals surface area contributed by atoms with Gasteiger partial charge in [0.1, 0.15) is 0 Å². The predicted octanol–water partition coefficient (Wildman–Crippen LogP) is 3.00. The minimum atomic E-state index is -0.748. The van der Waals surface area contributed by atoms with Crippen LogP contribution in [0.15, 0.2) is 11.6 Å². The highest BCUT2D eigenvalue weighted by Crippen LogP contribution is 2.36. The minimum absolute atomic E-state index is 0.0391. The van der Waals surface area contributed by atoms with E-state index in [1.54, 1.807) is 13.8 Å². The lowest BCUT2D eigenvalue weighted by Crippen LogP contribution is -2.37. The molecule has 0 bridgehead atoms. The first-order chi connectivity index (χ1) is 9.15. The number of rotatable bonds is 6. The molecule has 1 aliphatic heterocycles. The molecule has 5 atom stereocenters. The van der Waals surface area contributed by atoms with Crippen molar-refractivity contribution in [3.8, 4) is 0 Å². The Balaban J connectivity index is 2.60. The summed E-state index contributed by atoms with van der Waals surface area (Å²) in [6.45, 7) is 9.50. The zero-order valence-electron chi connectivity index (χ0n) is 13.2. The monoisotopic (exact) mass is 284 g/mol. The molecule has 4 heteroatoms. The van der Waals surface area contributed by atoms with E-state index in [9.17, 15) is 9.90 Å². The number of hydrogen-bond donors (Lipinski definition) is 2. The van der Waals surface area contributed by atoms with Crippen molar-refractivity contribution in [2.75, 3.05) is 0 Å². The highest BCUT2D eigenvalue weighted by atomic mass is 16.5. The third-order valence-corrected chi connectivity index (χ3v) is 4.40. The van der Waals surface area contributed by atoms with Crippen LogP contribution in [0.5, 0.6) is 0 Å². The van der Waals surface area contributed by atoms with E-state index in [0.29, 0.717) is 6.42 Å². The minimum Gasteiger partial charge on any atom is -0.481 e. The van der Waals surface area contributed by atoms with Crippen LogP contribution in [-0.4, -0.2) is 34.0 Å².